The molecular weight excluding hydrogens is 180 g/mol. The van der Waals surface area contributed by atoms with Crippen LogP contribution >= 0.6 is 0 Å². The number of hydrogen-bond acceptors (Lipinski definition) is 3. The normalized spacial score (nSPS) is 12.7. The van der Waals surface area contributed by atoms with Crippen LogP contribution in [-0.4, -0.2) is 20.7 Å². The second-order valence-electron chi connectivity index (χ2n) is 2.95. The van der Waals surface area contributed by atoms with Gasteiger partial charge in [-0.3, -0.25) is 0 Å². The van der Waals surface area contributed by atoms with Crippen LogP contribution in [0.15, 0.2) is 30.3 Å². The molecule has 3 heteroatoms. The minimum absolute atomic E-state index is 0.0491. The Morgan fingerprint density at radius 2 is 1.86 bits per heavy atom. The quantitative estimate of drug-likeness (QED) is 0.516. The summed E-state index contributed by atoms with van der Waals surface area (Å²) in [5.41, 5.74) is 1.15. The van der Waals surface area contributed by atoms with E-state index < -0.39 is 0 Å². The molecule has 0 heterocycles. The Kier molecular flexibility index (Phi) is 5.22. The molecule has 14 heavy (non-hydrogen) atoms. The molecule has 78 valence electrons. The van der Waals surface area contributed by atoms with Gasteiger partial charge in [0.2, 0.25) is 0 Å². The number of ether oxygens (including phenoxy) is 3. The average molecular weight is 196 g/mol. The molecule has 0 bridgehead atoms. The molecule has 0 amide bonds. The minimum atomic E-state index is 0.0491. The summed E-state index contributed by atoms with van der Waals surface area (Å²) in [6.07, 6.45) is 0.0491. The zero-order chi connectivity index (χ0) is 10.2. The molecule has 0 unspecified atom stereocenters. The summed E-state index contributed by atoms with van der Waals surface area (Å²) in [6.45, 7) is 2.51. The van der Waals surface area contributed by atoms with E-state index in [4.69, 9.17) is 14.2 Å². The van der Waals surface area contributed by atoms with E-state index >= 15 is 0 Å². The molecule has 1 atom stereocenters. The van der Waals surface area contributed by atoms with Gasteiger partial charge in [-0.2, -0.15) is 0 Å². The molecule has 0 aliphatic rings. The van der Waals surface area contributed by atoms with E-state index in [1.165, 1.54) is 0 Å². The summed E-state index contributed by atoms with van der Waals surface area (Å²) >= 11 is 0. The van der Waals surface area contributed by atoms with Gasteiger partial charge >= 0.3 is 0 Å². The molecule has 1 rings (SSSR count). The van der Waals surface area contributed by atoms with Crippen molar-refractivity contribution in [1.29, 1.82) is 0 Å². The lowest BCUT2D eigenvalue weighted by atomic mass is 10.1. The van der Waals surface area contributed by atoms with Gasteiger partial charge in [-0.25, -0.2) is 0 Å². The van der Waals surface area contributed by atoms with Gasteiger partial charge in [0.15, 0.2) is 0 Å². The van der Waals surface area contributed by atoms with Crippen molar-refractivity contribution in [2.24, 2.45) is 0 Å². The number of rotatable bonds is 6. The van der Waals surface area contributed by atoms with Crippen LogP contribution in [0, 0.1) is 0 Å². The number of methoxy groups -OCH3 is 1. The van der Waals surface area contributed by atoms with Crippen LogP contribution in [0.5, 0.6) is 0 Å². The summed E-state index contributed by atoms with van der Waals surface area (Å²) in [5.74, 6) is 0. The molecule has 0 spiro atoms. The highest BCUT2D eigenvalue weighted by Crippen LogP contribution is 2.15. The monoisotopic (exact) mass is 196 g/mol. The van der Waals surface area contributed by atoms with Crippen molar-refractivity contribution in [2.75, 3.05) is 20.7 Å². The van der Waals surface area contributed by atoms with Gasteiger partial charge in [0, 0.05) is 7.11 Å². The fourth-order valence-corrected chi connectivity index (χ4v) is 1.09. The highest BCUT2D eigenvalue weighted by molar-refractivity contribution is 5.16. The summed E-state index contributed by atoms with van der Waals surface area (Å²) < 4.78 is 15.2. The fourth-order valence-electron chi connectivity index (χ4n) is 1.09. The van der Waals surface area contributed by atoms with E-state index in [2.05, 4.69) is 0 Å². The Morgan fingerprint density at radius 1 is 1.14 bits per heavy atom. The molecule has 0 aromatic heterocycles. The van der Waals surface area contributed by atoms with Crippen molar-refractivity contribution >= 4 is 0 Å². The van der Waals surface area contributed by atoms with E-state index in [1.54, 1.807) is 7.11 Å². The van der Waals surface area contributed by atoms with Crippen LogP contribution < -0.4 is 0 Å². The van der Waals surface area contributed by atoms with E-state index in [9.17, 15) is 0 Å². The Hall–Kier alpha value is -0.900. The molecule has 3 nitrogen and oxygen atoms in total. The lowest BCUT2D eigenvalue weighted by molar-refractivity contribution is -0.138. The van der Waals surface area contributed by atoms with Crippen LogP contribution in [0.25, 0.3) is 0 Å². The van der Waals surface area contributed by atoms with Crippen LogP contribution in [-0.2, 0) is 14.2 Å². The van der Waals surface area contributed by atoms with Gasteiger partial charge < -0.3 is 14.2 Å². The Balaban J connectivity index is 2.25. The molecule has 0 radical (unpaired) electrons. The predicted octanol–water partition coefficient (Wildman–Crippen LogP) is 2.34. The second-order valence-corrected chi connectivity index (χ2v) is 2.95. The maximum absolute atomic E-state index is 5.43. The van der Waals surface area contributed by atoms with E-state index in [0.717, 1.165) is 5.56 Å². The molecule has 0 fully saturated rings. The molecule has 0 saturated carbocycles. The second kappa shape index (κ2) is 6.54. The average Bonchev–Trinajstić information content (AvgIpc) is 2.25. The van der Waals surface area contributed by atoms with E-state index in [-0.39, 0.29) is 19.7 Å². The number of benzene rings is 1. The van der Waals surface area contributed by atoms with Crippen molar-refractivity contribution in [3.63, 3.8) is 0 Å². The van der Waals surface area contributed by atoms with Gasteiger partial charge in [-0.1, -0.05) is 30.3 Å². The molecule has 0 aliphatic heterocycles. The Bertz CT molecular complexity index is 236. The lowest BCUT2D eigenvalue weighted by Crippen LogP contribution is -2.06. The third-order valence-electron chi connectivity index (χ3n) is 1.87. The topological polar surface area (TPSA) is 27.7 Å². The molecule has 0 N–H and O–H groups in total. The first-order valence-electron chi connectivity index (χ1n) is 4.58. The summed E-state index contributed by atoms with van der Waals surface area (Å²) in [6, 6.07) is 10.0. The molecular formula is C11H16O3. The SMILES string of the molecule is COCOCO[C@@H](C)c1ccccc1. The maximum Gasteiger partial charge on any atom is 0.150 e. The van der Waals surface area contributed by atoms with E-state index in [0.29, 0.717) is 0 Å². The van der Waals surface area contributed by atoms with Crippen LogP contribution in [0.4, 0.5) is 0 Å². The third kappa shape index (κ3) is 3.87. The molecule has 0 saturated heterocycles. The smallest absolute Gasteiger partial charge is 0.150 e. The van der Waals surface area contributed by atoms with Crippen molar-refractivity contribution in [3.8, 4) is 0 Å². The third-order valence-corrected chi connectivity index (χ3v) is 1.87. The molecule has 0 aliphatic carbocycles. The van der Waals surface area contributed by atoms with Crippen LogP contribution in [0.2, 0.25) is 0 Å². The predicted molar refractivity (Wildman–Crippen MR) is 53.8 cm³/mol. The Labute approximate surface area is 84.6 Å². The first-order chi connectivity index (χ1) is 6.84. The van der Waals surface area contributed by atoms with Crippen molar-refractivity contribution in [2.45, 2.75) is 13.0 Å². The van der Waals surface area contributed by atoms with Crippen molar-refractivity contribution in [3.05, 3.63) is 35.9 Å². The first kappa shape index (κ1) is 11.2. The van der Waals surface area contributed by atoms with Gasteiger partial charge in [-0.15, -0.1) is 0 Å². The summed E-state index contributed by atoms with van der Waals surface area (Å²) in [5, 5.41) is 0. The molecule has 1 aromatic rings. The lowest BCUT2D eigenvalue weighted by Gasteiger charge is -2.12. The molecule has 1 aromatic carbocycles. The summed E-state index contributed by atoms with van der Waals surface area (Å²) in [7, 11) is 1.58. The van der Waals surface area contributed by atoms with Gasteiger partial charge in [-0.05, 0) is 12.5 Å². The maximum atomic E-state index is 5.43. The van der Waals surface area contributed by atoms with Crippen LogP contribution in [0.1, 0.15) is 18.6 Å². The van der Waals surface area contributed by atoms with E-state index in [1.807, 2.05) is 37.3 Å². The van der Waals surface area contributed by atoms with Crippen LogP contribution in [0.3, 0.4) is 0 Å². The van der Waals surface area contributed by atoms with Gasteiger partial charge in [0.25, 0.3) is 0 Å². The standard InChI is InChI=1S/C11H16O3/c1-10(14-9-13-8-12-2)11-6-4-3-5-7-11/h3-7,10H,8-9H2,1-2H3/t10-/m0/s1. The summed E-state index contributed by atoms with van der Waals surface area (Å²) in [4.78, 5) is 0. The highest BCUT2D eigenvalue weighted by Gasteiger charge is 2.03. The minimum Gasteiger partial charge on any atom is -0.359 e. The Morgan fingerprint density at radius 3 is 2.50 bits per heavy atom. The van der Waals surface area contributed by atoms with Gasteiger partial charge in [0.1, 0.15) is 13.6 Å². The fraction of sp³-hybridized carbons (Fsp3) is 0.455. The van der Waals surface area contributed by atoms with Gasteiger partial charge in [0.05, 0.1) is 6.10 Å². The first-order valence-corrected chi connectivity index (χ1v) is 4.58. The number of hydrogen-bond donors (Lipinski definition) is 0. The van der Waals surface area contributed by atoms with Crippen molar-refractivity contribution in [1.82, 2.24) is 0 Å². The zero-order valence-electron chi connectivity index (χ0n) is 8.60. The highest BCUT2D eigenvalue weighted by atomic mass is 16.7. The largest absolute Gasteiger partial charge is 0.359 e. The zero-order valence-corrected chi connectivity index (χ0v) is 8.60. The van der Waals surface area contributed by atoms with Crippen molar-refractivity contribution < 1.29 is 14.2 Å².